The number of fused-ring (bicyclic) bond motifs is 1. The van der Waals surface area contributed by atoms with Gasteiger partial charge in [-0.05, 0) is 55.0 Å². The van der Waals surface area contributed by atoms with Crippen molar-refractivity contribution in [3.05, 3.63) is 94.5 Å². The molecule has 5 nitrogen and oxygen atoms in total. The monoisotopic (exact) mass is 398 g/mol. The van der Waals surface area contributed by atoms with Gasteiger partial charge in [-0.15, -0.1) is 0 Å². The van der Waals surface area contributed by atoms with Crippen LogP contribution in [0.2, 0.25) is 0 Å². The zero-order valence-electron chi connectivity index (χ0n) is 16.9. The highest BCUT2D eigenvalue weighted by Crippen LogP contribution is 2.28. The van der Waals surface area contributed by atoms with Gasteiger partial charge in [-0.25, -0.2) is 4.98 Å². The van der Waals surface area contributed by atoms with Crippen LogP contribution in [0.3, 0.4) is 0 Å². The van der Waals surface area contributed by atoms with E-state index in [4.69, 9.17) is 14.5 Å². The normalized spacial score (nSPS) is 11.1. The van der Waals surface area contributed by atoms with Crippen LogP contribution in [-0.2, 0) is 0 Å². The summed E-state index contributed by atoms with van der Waals surface area (Å²) in [4.78, 5) is 18.0. The average molecular weight is 398 g/mol. The zero-order valence-corrected chi connectivity index (χ0v) is 16.9. The first-order valence-corrected chi connectivity index (χ1v) is 9.77. The van der Waals surface area contributed by atoms with Crippen molar-refractivity contribution in [3.63, 3.8) is 0 Å². The molecule has 0 unspecified atom stereocenters. The fourth-order valence-electron chi connectivity index (χ4n) is 3.32. The van der Waals surface area contributed by atoms with Crippen LogP contribution < -0.4 is 15.0 Å². The van der Waals surface area contributed by atoms with Crippen LogP contribution in [0.1, 0.15) is 18.3 Å². The van der Waals surface area contributed by atoms with Crippen molar-refractivity contribution in [1.29, 1.82) is 0 Å². The summed E-state index contributed by atoms with van der Waals surface area (Å²) in [6.07, 6.45) is 3.76. The second-order valence-corrected chi connectivity index (χ2v) is 6.64. The van der Waals surface area contributed by atoms with E-state index in [0.717, 1.165) is 11.3 Å². The summed E-state index contributed by atoms with van der Waals surface area (Å²) >= 11 is 0. The SMILES string of the molecule is CCOc1cc(/C=C/c2nc3ccccc3c(=O)n2-c2ccccc2)ccc1OC. The summed E-state index contributed by atoms with van der Waals surface area (Å²) in [5, 5.41) is 0.585. The quantitative estimate of drug-likeness (QED) is 0.460. The van der Waals surface area contributed by atoms with Crippen molar-refractivity contribution in [1.82, 2.24) is 9.55 Å². The lowest BCUT2D eigenvalue weighted by Crippen LogP contribution is -2.22. The summed E-state index contributed by atoms with van der Waals surface area (Å²) in [5.74, 6) is 1.91. The summed E-state index contributed by atoms with van der Waals surface area (Å²) in [5.41, 5.74) is 2.25. The molecule has 0 saturated heterocycles. The Bertz CT molecular complexity index is 1260. The van der Waals surface area contributed by atoms with Crippen molar-refractivity contribution in [2.45, 2.75) is 6.92 Å². The molecule has 0 aliphatic heterocycles. The molecule has 150 valence electrons. The first-order chi connectivity index (χ1) is 14.7. The van der Waals surface area contributed by atoms with E-state index in [9.17, 15) is 4.79 Å². The number of aromatic nitrogens is 2. The molecule has 30 heavy (non-hydrogen) atoms. The lowest BCUT2D eigenvalue weighted by molar-refractivity contribution is 0.311. The Balaban J connectivity index is 1.84. The van der Waals surface area contributed by atoms with E-state index in [1.165, 1.54) is 0 Å². The van der Waals surface area contributed by atoms with Gasteiger partial charge >= 0.3 is 0 Å². The molecule has 1 heterocycles. The number of hydrogen-bond acceptors (Lipinski definition) is 4. The molecule has 0 radical (unpaired) electrons. The molecule has 0 fully saturated rings. The van der Waals surface area contributed by atoms with Crippen molar-refractivity contribution < 1.29 is 9.47 Å². The molecule has 0 N–H and O–H groups in total. The molecule has 5 heteroatoms. The molecule has 4 aromatic rings. The fourth-order valence-corrected chi connectivity index (χ4v) is 3.32. The third-order valence-electron chi connectivity index (χ3n) is 4.73. The van der Waals surface area contributed by atoms with Crippen molar-refractivity contribution >= 4 is 23.1 Å². The number of hydrogen-bond donors (Lipinski definition) is 0. The summed E-state index contributed by atoms with van der Waals surface area (Å²) in [6.45, 7) is 2.48. The van der Waals surface area contributed by atoms with Crippen LogP contribution in [0.25, 0.3) is 28.7 Å². The standard InChI is InChI=1S/C25H22N2O3/c1-3-30-23-17-18(13-15-22(23)29-2)14-16-24-26-21-12-8-7-11-20(21)25(28)27(24)19-9-5-4-6-10-19/h4-17H,3H2,1-2H3/b16-14+. The van der Waals surface area contributed by atoms with Crippen molar-refractivity contribution in [2.75, 3.05) is 13.7 Å². The van der Waals surface area contributed by atoms with Crippen molar-refractivity contribution in [3.8, 4) is 17.2 Å². The lowest BCUT2D eigenvalue weighted by Gasteiger charge is -2.12. The highest BCUT2D eigenvalue weighted by Gasteiger charge is 2.11. The molecule has 0 aliphatic rings. The van der Waals surface area contributed by atoms with Crippen LogP contribution in [0.15, 0.2) is 77.6 Å². The van der Waals surface area contributed by atoms with Crippen LogP contribution >= 0.6 is 0 Å². The smallest absolute Gasteiger partial charge is 0.266 e. The van der Waals surface area contributed by atoms with Crippen LogP contribution in [0.5, 0.6) is 11.5 Å². The number of ether oxygens (including phenoxy) is 2. The summed E-state index contributed by atoms with van der Waals surface area (Å²) in [7, 11) is 1.62. The Morgan fingerprint density at radius 1 is 0.933 bits per heavy atom. The molecule has 4 rings (SSSR count). The van der Waals surface area contributed by atoms with Gasteiger partial charge in [0, 0.05) is 0 Å². The zero-order chi connectivity index (χ0) is 20.9. The van der Waals surface area contributed by atoms with Gasteiger partial charge in [0.2, 0.25) is 0 Å². The maximum Gasteiger partial charge on any atom is 0.266 e. The topological polar surface area (TPSA) is 53.3 Å². The predicted molar refractivity (Wildman–Crippen MR) is 120 cm³/mol. The molecule has 0 saturated carbocycles. The van der Waals surface area contributed by atoms with E-state index in [2.05, 4.69) is 0 Å². The van der Waals surface area contributed by atoms with E-state index < -0.39 is 0 Å². The van der Waals surface area contributed by atoms with Gasteiger partial charge in [-0.3, -0.25) is 9.36 Å². The fraction of sp³-hybridized carbons (Fsp3) is 0.120. The second kappa shape index (κ2) is 8.66. The highest BCUT2D eigenvalue weighted by atomic mass is 16.5. The summed E-state index contributed by atoms with van der Waals surface area (Å²) < 4.78 is 12.6. The third-order valence-corrected chi connectivity index (χ3v) is 4.73. The van der Waals surface area contributed by atoms with E-state index in [-0.39, 0.29) is 5.56 Å². The van der Waals surface area contributed by atoms with Crippen molar-refractivity contribution in [2.24, 2.45) is 0 Å². The predicted octanol–water partition coefficient (Wildman–Crippen LogP) is 4.96. The second-order valence-electron chi connectivity index (χ2n) is 6.64. The Hall–Kier alpha value is -3.86. The maximum absolute atomic E-state index is 13.2. The molecular formula is C25H22N2O3. The first-order valence-electron chi connectivity index (χ1n) is 9.77. The minimum atomic E-state index is -0.101. The molecule has 1 aromatic heterocycles. The lowest BCUT2D eigenvalue weighted by atomic mass is 10.1. The first kappa shape index (κ1) is 19.5. The Morgan fingerprint density at radius 2 is 1.70 bits per heavy atom. The molecular weight excluding hydrogens is 376 g/mol. The van der Waals surface area contributed by atoms with Crippen LogP contribution in [0, 0.1) is 0 Å². The van der Waals surface area contributed by atoms with E-state index in [1.807, 2.05) is 85.8 Å². The Kier molecular flexibility index (Phi) is 5.61. The maximum atomic E-state index is 13.2. The molecule has 3 aromatic carbocycles. The molecule has 0 bridgehead atoms. The number of benzene rings is 3. The molecule has 0 spiro atoms. The Morgan fingerprint density at radius 3 is 2.47 bits per heavy atom. The molecule has 0 atom stereocenters. The number of nitrogens with zero attached hydrogens (tertiary/aromatic N) is 2. The van der Waals surface area contributed by atoms with Gasteiger partial charge in [-0.1, -0.05) is 42.5 Å². The minimum absolute atomic E-state index is 0.101. The van der Waals surface area contributed by atoms with E-state index in [1.54, 1.807) is 17.7 Å². The van der Waals surface area contributed by atoms with Crippen LogP contribution in [-0.4, -0.2) is 23.3 Å². The average Bonchev–Trinajstić information content (AvgIpc) is 2.79. The number of para-hydroxylation sites is 2. The van der Waals surface area contributed by atoms with Gasteiger partial charge in [0.15, 0.2) is 11.5 Å². The number of methoxy groups -OCH3 is 1. The van der Waals surface area contributed by atoms with Gasteiger partial charge < -0.3 is 9.47 Å². The van der Waals surface area contributed by atoms with Crippen LogP contribution in [0.4, 0.5) is 0 Å². The number of rotatable bonds is 6. The van der Waals surface area contributed by atoms with E-state index >= 15 is 0 Å². The van der Waals surface area contributed by atoms with Gasteiger partial charge in [0.05, 0.1) is 30.3 Å². The third kappa shape index (κ3) is 3.82. The summed E-state index contributed by atoms with van der Waals surface area (Å²) in [6, 6.07) is 22.6. The Labute approximate surface area is 174 Å². The minimum Gasteiger partial charge on any atom is -0.493 e. The van der Waals surface area contributed by atoms with E-state index in [0.29, 0.717) is 34.8 Å². The van der Waals surface area contributed by atoms with Gasteiger partial charge in [0.25, 0.3) is 5.56 Å². The van der Waals surface area contributed by atoms with Gasteiger partial charge in [-0.2, -0.15) is 0 Å². The largest absolute Gasteiger partial charge is 0.493 e. The molecule has 0 aliphatic carbocycles. The van der Waals surface area contributed by atoms with Gasteiger partial charge in [0.1, 0.15) is 5.82 Å². The molecule has 0 amide bonds. The highest BCUT2D eigenvalue weighted by molar-refractivity contribution is 5.80.